The monoisotopic (exact) mass is 390 g/mol. The molecule has 1 aromatic carbocycles. The number of allylic oxidation sites excluding steroid dienone is 1. The number of piperidine rings is 1. The lowest BCUT2D eigenvalue weighted by atomic mass is 9.98. The second kappa shape index (κ2) is 13.3. The fraction of sp³-hybridized carbons (Fsp3) is 0.579. The molecule has 2 N–H and O–H groups in total. The predicted octanol–water partition coefficient (Wildman–Crippen LogP) is 3.76. The average molecular weight is 391 g/mol. The van der Waals surface area contributed by atoms with E-state index < -0.39 is 0 Å². The maximum absolute atomic E-state index is 5.77. The highest BCUT2D eigenvalue weighted by molar-refractivity contribution is 5.85. The summed E-state index contributed by atoms with van der Waals surface area (Å²) in [6.07, 6.45) is 5.22. The molecule has 25 heavy (non-hydrogen) atoms. The summed E-state index contributed by atoms with van der Waals surface area (Å²) in [6.45, 7) is 10.7. The van der Waals surface area contributed by atoms with Crippen molar-refractivity contribution in [2.75, 3.05) is 33.4 Å². The first kappa shape index (κ1) is 24.1. The van der Waals surface area contributed by atoms with Gasteiger partial charge < -0.3 is 20.1 Å². The zero-order valence-electron chi connectivity index (χ0n) is 15.3. The molecule has 1 aliphatic heterocycles. The number of ether oxygens (including phenoxy) is 2. The zero-order valence-corrected chi connectivity index (χ0v) is 16.9. The van der Waals surface area contributed by atoms with E-state index in [1.54, 1.807) is 7.11 Å². The summed E-state index contributed by atoms with van der Waals surface area (Å²) in [4.78, 5) is 0. The molecular weight excluding hydrogens is 359 g/mol. The number of halogens is 2. The largest absolute Gasteiger partial charge is 0.493 e. The van der Waals surface area contributed by atoms with Crippen LogP contribution >= 0.6 is 24.8 Å². The van der Waals surface area contributed by atoms with Crippen LogP contribution in [0.1, 0.15) is 30.9 Å². The molecule has 0 aromatic heterocycles. The van der Waals surface area contributed by atoms with E-state index >= 15 is 0 Å². The molecule has 1 aromatic rings. The second-order valence-corrected chi connectivity index (χ2v) is 6.04. The number of hydrogen-bond donors (Lipinski definition) is 2. The first-order valence-corrected chi connectivity index (χ1v) is 8.63. The third-order valence-corrected chi connectivity index (χ3v) is 4.29. The SMILES string of the molecule is C=CCc1cc(CNCC2CCNCC2)cc(OC)c1OCC.Cl.Cl. The van der Waals surface area contributed by atoms with Gasteiger partial charge in [0.1, 0.15) is 0 Å². The Balaban J connectivity index is 0.00000288. The molecule has 0 spiro atoms. The Morgan fingerprint density at radius 1 is 1.28 bits per heavy atom. The van der Waals surface area contributed by atoms with Gasteiger partial charge in [0.05, 0.1) is 13.7 Å². The van der Waals surface area contributed by atoms with Gasteiger partial charge in [-0.25, -0.2) is 0 Å². The first-order valence-electron chi connectivity index (χ1n) is 8.63. The second-order valence-electron chi connectivity index (χ2n) is 6.04. The van der Waals surface area contributed by atoms with Crippen LogP contribution in [0.15, 0.2) is 24.8 Å². The lowest BCUT2D eigenvalue weighted by molar-refractivity contribution is 0.307. The predicted molar refractivity (Wildman–Crippen MR) is 110 cm³/mol. The molecule has 144 valence electrons. The van der Waals surface area contributed by atoms with Crippen LogP contribution in [-0.4, -0.2) is 33.4 Å². The summed E-state index contributed by atoms with van der Waals surface area (Å²) >= 11 is 0. The summed E-state index contributed by atoms with van der Waals surface area (Å²) in [7, 11) is 1.70. The fourth-order valence-corrected chi connectivity index (χ4v) is 3.10. The van der Waals surface area contributed by atoms with E-state index in [9.17, 15) is 0 Å². The zero-order chi connectivity index (χ0) is 16.5. The van der Waals surface area contributed by atoms with Gasteiger partial charge in [0.25, 0.3) is 0 Å². The standard InChI is InChI=1S/C19H30N2O2.2ClH/c1-4-6-17-11-16(12-18(22-3)19(17)23-5-2)14-21-13-15-7-9-20-10-8-15;;/h4,11-12,15,20-21H,1,5-10,13-14H2,2-3H3;2*1H. The highest BCUT2D eigenvalue weighted by atomic mass is 35.5. The van der Waals surface area contributed by atoms with Crippen LogP contribution in [0.5, 0.6) is 11.5 Å². The third-order valence-electron chi connectivity index (χ3n) is 4.29. The number of hydrogen-bond acceptors (Lipinski definition) is 4. The van der Waals surface area contributed by atoms with Crippen LogP contribution < -0.4 is 20.1 Å². The minimum atomic E-state index is 0. The van der Waals surface area contributed by atoms with Crippen molar-refractivity contribution < 1.29 is 9.47 Å². The summed E-state index contributed by atoms with van der Waals surface area (Å²) in [6, 6.07) is 4.28. The minimum absolute atomic E-state index is 0. The number of nitrogens with one attached hydrogen (secondary N) is 2. The summed E-state index contributed by atoms with van der Waals surface area (Å²) in [5.41, 5.74) is 2.37. The first-order chi connectivity index (χ1) is 11.3. The smallest absolute Gasteiger partial charge is 0.164 e. The Labute approximate surface area is 164 Å². The Hall–Kier alpha value is -0.940. The van der Waals surface area contributed by atoms with Gasteiger partial charge >= 0.3 is 0 Å². The molecule has 0 bridgehead atoms. The van der Waals surface area contributed by atoms with Crippen LogP contribution in [0.2, 0.25) is 0 Å². The molecule has 0 unspecified atom stereocenters. The van der Waals surface area contributed by atoms with Gasteiger partial charge in [0.2, 0.25) is 0 Å². The molecule has 0 saturated carbocycles. The van der Waals surface area contributed by atoms with Crippen molar-refractivity contribution in [3.8, 4) is 11.5 Å². The summed E-state index contributed by atoms with van der Waals surface area (Å²) < 4.78 is 11.3. The summed E-state index contributed by atoms with van der Waals surface area (Å²) in [5, 5.41) is 7.00. The van der Waals surface area contributed by atoms with Crippen LogP contribution in [0.3, 0.4) is 0 Å². The molecule has 4 nitrogen and oxygen atoms in total. The maximum atomic E-state index is 5.77. The van der Waals surface area contributed by atoms with Crippen molar-refractivity contribution in [2.45, 2.75) is 32.7 Å². The Bertz CT molecular complexity index is 506. The third kappa shape index (κ3) is 7.45. The van der Waals surface area contributed by atoms with E-state index in [1.807, 2.05) is 13.0 Å². The molecule has 0 radical (unpaired) electrons. The number of benzene rings is 1. The van der Waals surface area contributed by atoms with E-state index in [2.05, 4.69) is 29.3 Å². The Kier molecular flexibility index (Phi) is 12.8. The minimum Gasteiger partial charge on any atom is -0.493 e. The van der Waals surface area contributed by atoms with Crippen LogP contribution in [0.4, 0.5) is 0 Å². The Morgan fingerprint density at radius 2 is 2.00 bits per heavy atom. The van der Waals surface area contributed by atoms with Gasteiger partial charge in [-0.15, -0.1) is 31.4 Å². The van der Waals surface area contributed by atoms with Gasteiger partial charge in [0, 0.05) is 12.1 Å². The van der Waals surface area contributed by atoms with Gasteiger partial charge in [-0.05, 0) is 63.4 Å². The van der Waals surface area contributed by atoms with Crippen molar-refractivity contribution in [3.63, 3.8) is 0 Å². The van der Waals surface area contributed by atoms with Gasteiger partial charge in [-0.2, -0.15) is 0 Å². The summed E-state index contributed by atoms with van der Waals surface area (Å²) in [5.74, 6) is 2.44. The van der Waals surface area contributed by atoms with E-state index in [1.165, 1.54) is 18.4 Å². The molecule has 0 aliphatic carbocycles. The fourth-order valence-electron chi connectivity index (χ4n) is 3.10. The average Bonchev–Trinajstić information content (AvgIpc) is 2.58. The number of rotatable bonds is 9. The van der Waals surface area contributed by atoms with Crippen LogP contribution in [0, 0.1) is 5.92 Å². The molecule has 1 aliphatic rings. The van der Waals surface area contributed by atoms with E-state index in [4.69, 9.17) is 9.47 Å². The molecule has 1 saturated heterocycles. The van der Waals surface area contributed by atoms with Gasteiger partial charge in [-0.3, -0.25) is 0 Å². The lowest BCUT2D eigenvalue weighted by Gasteiger charge is -2.23. The molecule has 2 rings (SSSR count). The molecule has 1 heterocycles. The van der Waals surface area contributed by atoms with Gasteiger partial charge in [-0.1, -0.05) is 12.1 Å². The van der Waals surface area contributed by atoms with Crippen LogP contribution in [0.25, 0.3) is 0 Å². The van der Waals surface area contributed by atoms with Crippen molar-refractivity contribution in [1.29, 1.82) is 0 Å². The van der Waals surface area contributed by atoms with E-state index in [0.29, 0.717) is 6.61 Å². The lowest BCUT2D eigenvalue weighted by Crippen LogP contribution is -2.33. The molecule has 1 fully saturated rings. The Morgan fingerprint density at radius 3 is 2.60 bits per heavy atom. The quantitative estimate of drug-likeness (QED) is 0.629. The molecule has 0 atom stereocenters. The number of methoxy groups -OCH3 is 1. The van der Waals surface area contributed by atoms with Crippen molar-refractivity contribution in [2.24, 2.45) is 5.92 Å². The molecular formula is C19H32Cl2N2O2. The molecule has 0 amide bonds. The van der Waals surface area contributed by atoms with Crippen LogP contribution in [-0.2, 0) is 13.0 Å². The topological polar surface area (TPSA) is 42.5 Å². The normalized spacial score (nSPS) is 14.2. The van der Waals surface area contributed by atoms with E-state index in [0.717, 1.165) is 55.6 Å². The highest BCUT2D eigenvalue weighted by Crippen LogP contribution is 2.33. The highest BCUT2D eigenvalue weighted by Gasteiger charge is 2.14. The maximum Gasteiger partial charge on any atom is 0.164 e. The molecule has 6 heteroatoms. The van der Waals surface area contributed by atoms with Crippen molar-refractivity contribution >= 4 is 24.8 Å². The van der Waals surface area contributed by atoms with Crippen molar-refractivity contribution in [3.05, 3.63) is 35.9 Å². The van der Waals surface area contributed by atoms with E-state index in [-0.39, 0.29) is 24.8 Å². The van der Waals surface area contributed by atoms with Crippen molar-refractivity contribution in [1.82, 2.24) is 10.6 Å². The van der Waals surface area contributed by atoms with Gasteiger partial charge in [0.15, 0.2) is 11.5 Å².